The van der Waals surface area contributed by atoms with Crippen LogP contribution in [0.1, 0.15) is 30.6 Å². The van der Waals surface area contributed by atoms with Gasteiger partial charge >= 0.3 is 0 Å². The molecule has 1 atom stereocenters. The first-order valence-electron chi connectivity index (χ1n) is 5.71. The maximum absolute atomic E-state index is 11.9. The van der Waals surface area contributed by atoms with Crippen molar-refractivity contribution in [1.82, 2.24) is 5.32 Å². The van der Waals surface area contributed by atoms with Gasteiger partial charge in [-0.3, -0.25) is 14.9 Å². The first-order valence-corrected chi connectivity index (χ1v) is 6.09. The molecular formula is C12H15ClN2O4. The van der Waals surface area contributed by atoms with E-state index in [-0.39, 0.29) is 22.8 Å². The Labute approximate surface area is 115 Å². The van der Waals surface area contributed by atoms with Gasteiger partial charge in [-0.2, -0.15) is 0 Å². The van der Waals surface area contributed by atoms with Gasteiger partial charge in [-0.15, -0.1) is 0 Å². The van der Waals surface area contributed by atoms with Gasteiger partial charge < -0.3 is 10.4 Å². The van der Waals surface area contributed by atoms with Gasteiger partial charge in [0.2, 0.25) is 0 Å². The largest absolute Gasteiger partial charge is 0.388 e. The van der Waals surface area contributed by atoms with E-state index in [1.165, 1.54) is 12.1 Å². The fraction of sp³-hybridized carbons (Fsp3) is 0.417. The van der Waals surface area contributed by atoms with E-state index in [0.29, 0.717) is 6.42 Å². The molecule has 1 aromatic carbocycles. The number of carbonyl (C=O) groups excluding carboxylic acids is 1. The van der Waals surface area contributed by atoms with Crippen LogP contribution in [0.4, 0.5) is 5.69 Å². The molecule has 0 saturated carbocycles. The van der Waals surface area contributed by atoms with E-state index >= 15 is 0 Å². The summed E-state index contributed by atoms with van der Waals surface area (Å²) in [6, 6.07) is 3.81. The van der Waals surface area contributed by atoms with Crippen LogP contribution < -0.4 is 5.32 Å². The highest BCUT2D eigenvalue weighted by Crippen LogP contribution is 2.23. The molecule has 0 saturated heterocycles. The van der Waals surface area contributed by atoms with E-state index in [4.69, 9.17) is 11.6 Å². The molecule has 1 rings (SSSR count). The molecule has 19 heavy (non-hydrogen) atoms. The molecule has 6 nitrogen and oxygen atoms in total. The molecule has 0 heterocycles. The van der Waals surface area contributed by atoms with Gasteiger partial charge in [-0.25, -0.2) is 0 Å². The molecule has 1 aromatic rings. The Kier molecular flexibility index (Phi) is 4.85. The number of nitro benzene ring substituents is 1. The summed E-state index contributed by atoms with van der Waals surface area (Å²) < 4.78 is 0. The van der Waals surface area contributed by atoms with Crippen molar-refractivity contribution in [2.24, 2.45) is 0 Å². The van der Waals surface area contributed by atoms with E-state index < -0.39 is 16.4 Å². The first-order chi connectivity index (χ1) is 8.76. The van der Waals surface area contributed by atoms with Crippen LogP contribution in [-0.4, -0.2) is 28.1 Å². The van der Waals surface area contributed by atoms with Crippen molar-refractivity contribution < 1.29 is 14.8 Å². The van der Waals surface area contributed by atoms with Gasteiger partial charge in [0.25, 0.3) is 11.6 Å². The third-order valence-electron chi connectivity index (χ3n) is 2.79. The quantitative estimate of drug-likeness (QED) is 0.640. The number of nitrogens with one attached hydrogen (secondary N) is 1. The Hall–Kier alpha value is -1.66. The molecule has 0 spiro atoms. The van der Waals surface area contributed by atoms with Crippen LogP contribution in [-0.2, 0) is 0 Å². The van der Waals surface area contributed by atoms with Crippen LogP contribution in [0.3, 0.4) is 0 Å². The van der Waals surface area contributed by atoms with Crippen LogP contribution in [0.2, 0.25) is 5.02 Å². The van der Waals surface area contributed by atoms with E-state index in [1.54, 1.807) is 13.8 Å². The highest BCUT2D eigenvalue weighted by Gasteiger charge is 2.23. The molecule has 7 heteroatoms. The smallest absolute Gasteiger partial charge is 0.283 e. The lowest BCUT2D eigenvalue weighted by molar-refractivity contribution is -0.385. The van der Waals surface area contributed by atoms with E-state index in [1.807, 2.05) is 0 Å². The molecule has 0 aliphatic rings. The monoisotopic (exact) mass is 286 g/mol. The predicted octanol–water partition coefficient (Wildman–Crippen LogP) is 2.14. The van der Waals surface area contributed by atoms with Crippen LogP contribution >= 0.6 is 11.6 Å². The summed E-state index contributed by atoms with van der Waals surface area (Å²) in [6.07, 6.45) is 0.454. The van der Waals surface area contributed by atoms with Crippen molar-refractivity contribution in [3.63, 3.8) is 0 Å². The predicted molar refractivity (Wildman–Crippen MR) is 71.4 cm³/mol. The second-order valence-corrected chi connectivity index (χ2v) is 4.89. The lowest BCUT2D eigenvalue weighted by atomic mass is 10.0. The number of benzene rings is 1. The molecule has 0 fully saturated rings. The van der Waals surface area contributed by atoms with E-state index in [2.05, 4.69) is 5.32 Å². The van der Waals surface area contributed by atoms with Crippen molar-refractivity contribution in [3.05, 3.63) is 38.9 Å². The van der Waals surface area contributed by atoms with Gasteiger partial charge in [-0.1, -0.05) is 18.5 Å². The van der Waals surface area contributed by atoms with Gasteiger partial charge in [0.1, 0.15) is 5.56 Å². The molecule has 1 unspecified atom stereocenters. The third-order valence-corrected chi connectivity index (χ3v) is 3.03. The average Bonchev–Trinajstić information content (AvgIpc) is 2.36. The molecule has 104 valence electrons. The van der Waals surface area contributed by atoms with Crippen molar-refractivity contribution in [3.8, 4) is 0 Å². The topological polar surface area (TPSA) is 92.5 Å². The van der Waals surface area contributed by atoms with Crippen LogP contribution in [0.25, 0.3) is 0 Å². The minimum Gasteiger partial charge on any atom is -0.388 e. The molecule has 1 amide bonds. The number of halogens is 1. The summed E-state index contributed by atoms with van der Waals surface area (Å²) in [5.41, 5.74) is -1.49. The Bertz CT molecular complexity index is 503. The zero-order chi connectivity index (χ0) is 14.6. The number of nitro groups is 1. The van der Waals surface area contributed by atoms with Crippen LogP contribution in [0, 0.1) is 10.1 Å². The summed E-state index contributed by atoms with van der Waals surface area (Å²) in [5.74, 6) is -0.614. The molecule has 0 aromatic heterocycles. The minimum atomic E-state index is -1.04. The number of hydrogen-bond donors (Lipinski definition) is 2. The fourth-order valence-corrected chi connectivity index (χ4v) is 1.51. The average molecular weight is 287 g/mol. The second-order valence-electron chi connectivity index (χ2n) is 4.45. The van der Waals surface area contributed by atoms with Crippen molar-refractivity contribution in [2.45, 2.75) is 25.9 Å². The van der Waals surface area contributed by atoms with Gasteiger partial charge in [-0.05, 0) is 25.5 Å². The summed E-state index contributed by atoms with van der Waals surface area (Å²) in [6.45, 7) is 3.36. The molecular weight excluding hydrogens is 272 g/mol. The molecule has 0 aliphatic heterocycles. The first kappa shape index (κ1) is 15.4. The minimum absolute atomic E-state index is 0.0160. The Morgan fingerprint density at radius 1 is 1.58 bits per heavy atom. The molecule has 0 aliphatic carbocycles. The standard InChI is InChI=1S/C12H15ClN2O4/c1-3-12(2,17)7-14-11(16)9-5-4-8(13)6-10(9)15(18)19/h4-6,17H,3,7H2,1-2H3,(H,14,16). The van der Waals surface area contributed by atoms with Crippen LogP contribution in [0.15, 0.2) is 18.2 Å². The SMILES string of the molecule is CCC(C)(O)CNC(=O)c1ccc(Cl)cc1[N+](=O)[O-]. The Balaban J connectivity index is 2.91. The van der Waals surface area contributed by atoms with Crippen LogP contribution in [0.5, 0.6) is 0 Å². The Morgan fingerprint density at radius 3 is 2.74 bits per heavy atom. The lowest BCUT2D eigenvalue weighted by Crippen LogP contribution is -2.40. The number of aliphatic hydroxyl groups is 1. The summed E-state index contributed by atoms with van der Waals surface area (Å²) in [7, 11) is 0. The van der Waals surface area contributed by atoms with E-state index in [9.17, 15) is 20.0 Å². The summed E-state index contributed by atoms with van der Waals surface area (Å²) in [5, 5.41) is 23.3. The number of rotatable bonds is 5. The molecule has 2 N–H and O–H groups in total. The number of carbonyl (C=O) groups is 1. The second kappa shape index (κ2) is 5.99. The highest BCUT2D eigenvalue weighted by molar-refractivity contribution is 6.31. The van der Waals surface area contributed by atoms with Gasteiger partial charge in [0, 0.05) is 17.6 Å². The molecule has 0 bridgehead atoms. The summed E-state index contributed by atoms with van der Waals surface area (Å²) in [4.78, 5) is 22.1. The normalized spacial score (nSPS) is 13.7. The van der Waals surface area contributed by atoms with Crippen molar-refractivity contribution in [1.29, 1.82) is 0 Å². The number of nitrogens with zero attached hydrogens (tertiary/aromatic N) is 1. The zero-order valence-corrected chi connectivity index (χ0v) is 11.4. The lowest BCUT2D eigenvalue weighted by Gasteiger charge is -2.21. The maximum Gasteiger partial charge on any atom is 0.283 e. The zero-order valence-electron chi connectivity index (χ0n) is 10.6. The number of hydrogen-bond acceptors (Lipinski definition) is 4. The summed E-state index contributed by atoms with van der Waals surface area (Å²) >= 11 is 5.66. The third kappa shape index (κ3) is 4.18. The van der Waals surface area contributed by atoms with Crippen molar-refractivity contribution >= 4 is 23.2 Å². The highest BCUT2D eigenvalue weighted by atomic mass is 35.5. The fourth-order valence-electron chi connectivity index (χ4n) is 1.34. The van der Waals surface area contributed by atoms with Crippen molar-refractivity contribution in [2.75, 3.05) is 6.54 Å². The maximum atomic E-state index is 11.9. The van der Waals surface area contributed by atoms with E-state index in [0.717, 1.165) is 6.07 Å². The van der Waals surface area contributed by atoms with Gasteiger partial charge in [0.15, 0.2) is 0 Å². The van der Waals surface area contributed by atoms with Gasteiger partial charge in [0.05, 0.1) is 10.5 Å². The number of amides is 1. The Morgan fingerprint density at radius 2 is 2.21 bits per heavy atom. The molecule has 0 radical (unpaired) electrons.